The molecule has 2 heterocycles. The van der Waals surface area contributed by atoms with E-state index < -0.39 is 0 Å². The van der Waals surface area contributed by atoms with E-state index in [1.165, 1.54) is 7.11 Å². The van der Waals surface area contributed by atoms with Gasteiger partial charge in [0.15, 0.2) is 17.3 Å². The Morgan fingerprint density at radius 1 is 1.32 bits per heavy atom. The molecule has 19 heavy (non-hydrogen) atoms. The Morgan fingerprint density at radius 3 is 2.95 bits per heavy atom. The van der Waals surface area contributed by atoms with Crippen LogP contribution in [-0.2, 0) is 11.5 Å². The maximum Gasteiger partial charge on any atom is 0.161 e. The van der Waals surface area contributed by atoms with Crippen molar-refractivity contribution in [2.45, 2.75) is 11.5 Å². The van der Waals surface area contributed by atoms with Crippen LogP contribution in [0.4, 0.5) is 0 Å². The van der Waals surface area contributed by atoms with E-state index in [4.69, 9.17) is 16.3 Å². The van der Waals surface area contributed by atoms with Crippen LogP contribution in [0.1, 0.15) is 11.3 Å². The van der Waals surface area contributed by atoms with Gasteiger partial charge in [-0.05, 0) is 18.2 Å². The molecule has 1 aromatic carbocycles. The molecule has 0 aliphatic carbocycles. The van der Waals surface area contributed by atoms with Gasteiger partial charge >= 0.3 is 0 Å². The lowest BCUT2D eigenvalue weighted by Crippen LogP contribution is -1.97. The standard InChI is InChI=1S/C13H11ClN2O2S/c1-18-11-4-7(2-3-10(11)17)13-15-9-6-19-5-8(9)12(14)16-13/h2-4,17H,5-6H2,1H3. The fourth-order valence-electron chi connectivity index (χ4n) is 1.96. The summed E-state index contributed by atoms with van der Waals surface area (Å²) < 4.78 is 5.09. The van der Waals surface area contributed by atoms with E-state index >= 15 is 0 Å². The van der Waals surface area contributed by atoms with Crippen molar-refractivity contribution in [3.8, 4) is 22.9 Å². The number of aromatic nitrogens is 2. The predicted octanol–water partition coefficient (Wildman–Crippen LogP) is 3.26. The largest absolute Gasteiger partial charge is 0.504 e. The zero-order valence-electron chi connectivity index (χ0n) is 10.2. The molecule has 98 valence electrons. The maximum atomic E-state index is 9.60. The molecule has 1 aliphatic rings. The Bertz CT molecular complexity index is 649. The highest BCUT2D eigenvalue weighted by Gasteiger charge is 2.19. The Labute approximate surface area is 119 Å². The number of phenolic OH excluding ortho intramolecular Hbond substituents is 1. The van der Waals surface area contributed by atoms with Crippen LogP contribution in [0.15, 0.2) is 18.2 Å². The Balaban J connectivity index is 2.10. The molecule has 0 saturated heterocycles. The van der Waals surface area contributed by atoms with Gasteiger partial charge in [-0.15, -0.1) is 0 Å². The predicted molar refractivity (Wildman–Crippen MR) is 75.7 cm³/mol. The van der Waals surface area contributed by atoms with Crippen molar-refractivity contribution in [3.05, 3.63) is 34.6 Å². The van der Waals surface area contributed by atoms with Crippen molar-refractivity contribution in [2.75, 3.05) is 7.11 Å². The number of thioether (sulfide) groups is 1. The summed E-state index contributed by atoms with van der Waals surface area (Å²) in [6.45, 7) is 0. The van der Waals surface area contributed by atoms with Crippen molar-refractivity contribution in [3.63, 3.8) is 0 Å². The third kappa shape index (κ3) is 2.24. The minimum absolute atomic E-state index is 0.0917. The van der Waals surface area contributed by atoms with Gasteiger partial charge in [-0.2, -0.15) is 11.8 Å². The van der Waals surface area contributed by atoms with Crippen molar-refractivity contribution in [1.82, 2.24) is 9.97 Å². The van der Waals surface area contributed by atoms with Gasteiger partial charge in [0.25, 0.3) is 0 Å². The number of nitrogens with zero attached hydrogens (tertiary/aromatic N) is 2. The molecule has 1 aromatic heterocycles. The molecule has 0 amide bonds. The lowest BCUT2D eigenvalue weighted by Gasteiger charge is -2.08. The van der Waals surface area contributed by atoms with Crippen LogP contribution in [0, 0.1) is 0 Å². The van der Waals surface area contributed by atoms with E-state index in [-0.39, 0.29) is 5.75 Å². The van der Waals surface area contributed by atoms with Crippen LogP contribution in [-0.4, -0.2) is 22.2 Å². The molecule has 0 spiro atoms. The number of fused-ring (bicyclic) bond motifs is 1. The van der Waals surface area contributed by atoms with E-state index in [0.29, 0.717) is 16.7 Å². The molecule has 0 atom stereocenters. The van der Waals surface area contributed by atoms with Crippen molar-refractivity contribution in [2.24, 2.45) is 0 Å². The number of ether oxygens (including phenoxy) is 1. The van der Waals surface area contributed by atoms with Crippen molar-refractivity contribution < 1.29 is 9.84 Å². The summed E-state index contributed by atoms with van der Waals surface area (Å²) in [5.74, 6) is 2.78. The first-order valence-corrected chi connectivity index (χ1v) is 7.22. The molecule has 2 aromatic rings. The summed E-state index contributed by atoms with van der Waals surface area (Å²) in [7, 11) is 1.51. The molecule has 4 nitrogen and oxygen atoms in total. The van der Waals surface area contributed by atoms with Gasteiger partial charge in [-0.1, -0.05) is 11.6 Å². The molecular formula is C13H11ClN2O2S. The number of rotatable bonds is 2. The average Bonchev–Trinajstić information content (AvgIpc) is 2.88. The molecule has 0 radical (unpaired) electrons. The first-order chi connectivity index (χ1) is 9.19. The van der Waals surface area contributed by atoms with Gasteiger partial charge in [0.2, 0.25) is 0 Å². The second kappa shape index (κ2) is 4.90. The summed E-state index contributed by atoms with van der Waals surface area (Å²) in [4.78, 5) is 8.86. The number of hydrogen-bond donors (Lipinski definition) is 1. The van der Waals surface area contributed by atoms with Gasteiger partial charge in [0.05, 0.1) is 12.8 Å². The number of hydrogen-bond acceptors (Lipinski definition) is 5. The Morgan fingerprint density at radius 2 is 2.16 bits per heavy atom. The molecule has 1 N–H and O–H groups in total. The molecule has 0 unspecified atom stereocenters. The zero-order valence-corrected chi connectivity index (χ0v) is 11.8. The van der Waals surface area contributed by atoms with Crippen molar-refractivity contribution >= 4 is 23.4 Å². The first-order valence-electron chi connectivity index (χ1n) is 5.69. The van der Waals surface area contributed by atoms with E-state index in [0.717, 1.165) is 28.3 Å². The highest BCUT2D eigenvalue weighted by molar-refractivity contribution is 7.98. The minimum Gasteiger partial charge on any atom is -0.504 e. The Kier molecular flexibility index (Phi) is 3.24. The molecule has 0 saturated carbocycles. The quantitative estimate of drug-likeness (QED) is 0.862. The minimum atomic E-state index is 0.0917. The van der Waals surface area contributed by atoms with Gasteiger partial charge in [-0.25, -0.2) is 9.97 Å². The number of benzene rings is 1. The second-order valence-electron chi connectivity index (χ2n) is 4.14. The topological polar surface area (TPSA) is 55.2 Å². The molecule has 0 fully saturated rings. The fourth-order valence-corrected chi connectivity index (χ4v) is 3.33. The fraction of sp³-hybridized carbons (Fsp3) is 0.231. The lowest BCUT2D eigenvalue weighted by molar-refractivity contribution is 0.373. The smallest absolute Gasteiger partial charge is 0.161 e. The summed E-state index contributed by atoms with van der Waals surface area (Å²) in [5.41, 5.74) is 2.80. The molecular weight excluding hydrogens is 284 g/mol. The maximum absolute atomic E-state index is 9.60. The van der Waals surface area contributed by atoms with Crippen LogP contribution >= 0.6 is 23.4 Å². The zero-order chi connectivity index (χ0) is 13.4. The highest BCUT2D eigenvalue weighted by atomic mass is 35.5. The number of halogens is 1. The molecule has 6 heteroatoms. The van der Waals surface area contributed by atoms with Gasteiger partial charge in [0.1, 0.15) is 5.15 Å². The molecule has 0 bridgehead atoms. The highest BCUT2D eigenvalue weighted by Crippen LogP contribution is 2.35. The average molecular weight is 295 g/mol. The van der Waals surface area contributed by atoms with Crippen LogP contribution in [0.5, 0.6) is 11.5 Å². The second-order valence-corrected chi connectivity index (χ2v) is 5.49. The van der Waals surface area contributed by atoms with Gasteiger partial charge in [-0.3, -0.25) is 0 Å². The summed E-state index contributed by atoms with van der Waals surface area (Å²) in [5, 5.41) is 10.1. The van der Waals surface area contributed by atoms with E-state index in [1.807, 2.05) is 0 Å². The van der Waals surface area contributed by atoms with E-state index in [9.17, 15) is 5.11 Å². The molecule has 3 rings (SSSR count). The van der Waals surface area contributed by atoms with Crippen LogP contribution in [0.2, 0.25) is 5.15 Å². The summed E-state index contributed by atoms with van der Waals surface area (Å²) >= 11 is 7.96. The number of phenols is 1. The van der Waals surface area contributed by atoms with Gasteiger partial charge in [0, 0.05) is 22.6 Å². The van der Waals surface area contributed by atoms with Crippen LogP contribution in [0.3, 0.4) is 0 Å². The van der Waals surface area contributed by atoms with Crippen molar-refractivity contribution in [1.29, 1.82) is 0 Å². The number of aromatic hydroxyl groups is 1. The number of methoxy groups -OCH3 is 1. The van der Waals surface area contributed by atoms with E-state index in [2.05, 4.69) is 9.97 Å². The third-order valence-electron chi connectivity index (χ3n) is 2.97. The third-order valence-corrected chi connectivity index (χ3v) is 4.25. The summed E-state index contributed by atoms with van der Waals surface area (Å²) in [6.07, 6.45) is 0. The van der Waals surface area contributed by atoms with E-state index in [1.54, 1.807) is 30.0 Å². The normalized spacial score (nSPS) is 13.4. The summed E-state index contributed by atoms with van der Waals surface area (Å²) in [6, 6.07) is 5.01. The first kappa shape index (κ1) is 12.6. The monoisotopic (exact) mass is 294 g/mol. The van der Waals surface area contributed by atoms with Crippen LogP contribution in [0.25, 0.3) is 11.4 Å². The Hall–Kier alpha value is -1.46. The van der Waals surface area contributed by atoms with Gasteiger partial charge < -0.3 is 9.84 Å². The molecule has 1 aliphatic heterocycles. The lowest BCUT2D eigenvalue weighted by atomic mass is 10.1. The van der Waals surface area contributed by atoms with Crippen LogP contribution < -0.4 is 4.74 Å². The SMILES string of the molecule is COc1cc(-c2nc(Cl)c3c(n2)CSC3)ccc1O.